The number of amides is 1. The number of rotatable bonds is 7. The van der Waals surface area contributed by atoms with E-state index < -0.39 is 10.0 Å². The smallest absolute Gasteiger partial charge is 0.261 e. The maximum absolute atomic E-state index is 12.7. The van der Waals surface area contributed by atoms with E-state index in [9.17, 15) is 13.2 Å². The van der Waals surface area contributed by atoms with Crippen molar-refractivity contribution in [3.63, 3.8) is 0 Å². The van der Waals surface area contributed by atoms with Crippen LogP contribution in [-0.4, -0.2) is 20.9 Å². The van der Waals surface area contributed by atoms with Gasteiger partial charge in [-0.3, -0.25) is 9.52 Å². The van der Waals surface area contributed by atoms with Gasteiger partial charge in [-0.25, -0.2) is 8.42 Å². The van der Waals surface area contributed by atoms with E-state index in [0.29, 0.717) is 23.7 Å². The molecule has 26 heavy (non-hydrogen) atoms. The predicted octanol–water partition coefficient (Wildman–Crippen LogP) is 4.06. The summed E-state index contributed by atoms with van der Waals surface area (Å²) in [5, 5.41) is 2.78. The van der Waals surface area contributed by atoms with E-state index in [-0.39, 0.29) is 10.8 Å². The van der Waals surface area contributed by atoms with Crippen LogP contribution in [0.25, 0.3) is 0 Å². The second kappa shape index (κ2) is 8.36. The molecule has 0 aromatic heterocycles. The van der Waals surface area contributed by atoms with Crippen LogP contribution in [0, 0.1) is 6.92 Å². The molecular formula is C20H26N2O3S. The first kappa shape index (κ1) is 20.0. The summed E-state index contributed by atoms with van der Waals surface area (Å²) in [6.45, 7) is 8.46. The van der Waals surface area contributed by atoms with Gasteiger partial charge >= 0.3 is 0 Å². The Morgan fingerprint density at radius 3 is 2.31 bits per heavy atom. The average Bonchev–Trinajstić information content (AvgIpc) is 2.60. The second-order valence-corrected chi connectivity index (χ2v) is 8.30. The lowest BCUT2D eigenvalue weighted by Crippen LogP contribution is -2.25. The van der Waals surface area contributed by atoms with Crippen molar-refractivity contribution in [1.29, 1.82) is 0 Å². The Morgan fingerprint density at radius 2 is 1.73 bits per heavy atom. The van der Waals surface area contributed by atoms with Crippen LogP contribution in [0.5, 0.6) is 0 Å². The van der Waals surface area contributed by atoms with Crippen LogP contribution in [0.4, 0.5) is 5.69 Å². The number of carbonyl (C=O) groups is 1. The fourth-order valence-electron chi connectivity index (χ4n) is 2.50. The van der Waals surface area contributed by atoms with E-state index >= 15 is 0 Å². The first-order valence-corrected chi connectivity index (χ1v) is 10.2. The maximum Gasteiger partial charge on any atom is 0.261 e. The summed E-state index contributed by atoms with van der Waals surface area (Å²) < 4.78 is 27.9. The fourth-order valence-corrected chi connectivity index (χ4v) is 3.58. The standard InChI is InChI=1S/C20H26N2O3S/c1-5-12-21-20(23)19-13-18(11-6-15(19)4)26(24,25)22-17-9-7-16(8-10-17)14(2)3/h6-11,13-14,22H,5,12H2,1-4H3,(H,21,23). The Morgan fingerprint density at radius 1 is 1.08 bits per heavy atom. The third-order valence-corrected chi connectivity index (χ3v) is 5.51. The van der Waals surface area contributed by atoms with Gasteiger partial charge in [-0.15, -0.1) is 0 Å². The predicted molar refractivity (Wildman–Crippen MR) is 105 cm³/mol. The van der Waals surface area contributed by atoms with Crippen molar-refractivity contribution in [2.75, 3.05) is 11.3 Å². The number of aryl methyl sites for hydroxylation is 1. The number of anilines is 1. The lowest BCUT2D eigenvalue weighted by molar-refractivity contribution is 0.0953. The summed E-state index contributed by atoms with van der Waals surface area (Å²) in [4.78, 5) is 12.3. The third kappa shape index (κ3) is 4.85. The van der Waals surface area contributed by atoms with Gasteiger partial charge in [0.15, 0.2) is 0 Å². The molecule has 0 spiro atoms. The molecule has 6 heteroatoms. The second-order valence-electron chi connectivity index (χ2n) is 6.61. The number of hydrogen-bond acceptors (Lipinski definition) is 3. The quantitative estimate of drug-likeness (QED) is 0.767. The van der Waals surface area contributed by atoms with Crippen LogP contribution >= 0.6 is 0 Å². The van der Waals surface area contributed by atoms with E-state index in [1.807, 2.05) is 19.1 Å². The molecule has 2 N–H and O–H groups in total. The normalized spacial score (nSPS) is 11.4. The van der Waals surface area contributed by atoms with Crippen molar-refractivity contribution in [2.45, 2.75) is 44.9 Å². The molecule has 0 fully saturated rings. The molecule has 2 rings (SSSR count). The molecule has 5 nitrogen and oxygen atoms in total. The molecule has 1 amide bonds. The van der Waals surface area contributed by atoms with Gasteiger partial charge in [-0.2, -0.15) is 0 Å². The van der Waals surface area contributed by atoms with Crippen LogP contribution in [0.1, 0.15) is 54.6 Å². The van der Waals surface area contributed by atoms with Gasteiger partial charge in [0.05, 0.1) is 4.90 Å². The highest BCUT2D eigenvalue weighted by atomic mass is 32.2. The molecule has 0 aliphatic carbocycles. The number of carbonyl (C=O) groups excluding carboxylic acids is 1. The Labute approximate surface area is 155 Å². The van der Waals surface area contributed by atoms with Gasteiger partial charge in [-0.05, 0) is 54.7 Å². The minimum Gasteiger partial charge on any atom is -0.352 e. The van der Waals surface area contributed by atoms with E-state index in [4.69, 9.17) is 0 Å². The summed E-state index contributed by atoms with van der Waals surface area (Å²) >= 11 is 0. The zero-order chi connectivity index (χ0) is 19.3. The molecule has 140 valence electrons. The van der Waals surface area contributed by atoms with Crippen molar-refractivity contribution >= 4 is 21.6 Å². The van der Waals surface area contributed by atoms with Crippen LogP contribution in [0.15, 0.2) is 47.4 Å². The van der Waals surface area contributed by atoms with Crippen molar-refractivity contribution in [3.8, 4) is 0 Å². The van der Waals surface area contributed by atoms with Gasteiger partial charge in [0.25, 0.3) is 15.9 Å². The molecule has 0 saturated heterocycles. The molecule has 0 heterocycles. The van der Waals surface area contributed by atoms with Crippen molar-refractivity contribution in [2.24, 2.45) is 0 Å². The lowest BCUT2D eigenvalue weighted by Gasteiger charge is -2.12. The van der Waals surface area contributed by atoms with Crippen LogP contribution in [0.2, 0.25) is 0 Å². The molecule has 0 saturated carbocycles. The van der Waals surface area contributed by atoms with Crippen LogP contribution in [0.3, 0.4) is 0 Å². The number of nitrogens with one attached hydrogen (secondary N) is 2. The monoisotopic (exact) mass is 374 g/mol. The molecule has 0 aliphatic rings. The number of sulfonamides is 1. The Bertz CT molecular complexity index is 872. The summed E-state index contributed by atoms with van der Waals surface area (Å²) in [7, 11) is -3.77. The highest BCUT2D eigenvalue weighted by Crippen LogP contribution is 2.21. The fraction of sp³-hybridized carbons (Fsp3) is 0.350. The van der Waals surface area contributed by atoms with Crippen molar-refractivity contribution in [1.82, 2.24) is 5.32 Å². The molecule has 0 aliphatic heterocycles. The van der Waals surface area contributed by atoms with Gasteiger partial charge in [-0.1, -0.05) is 39.0 Å². The summed E-state index contributed by atoms with van der Waals surface area (Å²) in [6, 6.07) is 11.9. The van der Waals surface area contributed by atoms with Crippen molar-refractivity contribution < 1.29 is 13.2 Å². The minimum absolute atomic E-state index is 0.0673. The Hall–Kier alpha value is -2.34. The first-order valence-electron chi connectivity index (χ1n) is 8.76. The third-order valence-electron chi connectivity index (χ3n) is 4.13. The maximum atomic E-state index is 12.7. The molecule has 2 aromatic rings. The number of hydrogen-bond donors (Lipinski definition) is 2. The molecular weight excluding hydrogens is 348 g/mol. The van der Waals surface area contributed by atoms with Gasteiger partial charge in [0.1, 0.15) is 0 Å². The minimum atomic E-state index is -3.77. The van der Waals surface area contributed by atoms with Crippen LogP contribution < -0.4 is 10.0 Å². The van der Waals surface area contributed by atoms with Gasteiger partial charge < -0.3 is 5.32 Å². The summed E-state index contributed by atoms with van der Waals surface area (Å²) in [5.74, 6) is 0.115. The number of benzene rings is 2. The summed E-state index contributed by atoms with van der Waals surface area (Å²) in [6.07, 6.45) is 0.816. The molecule has 0 radical (unpaired) electrons. The van der Waals surface area contributed by atoms with Crippen molar-refractivity contribution in [3.05, 3.63) is 59.2 Å². The first-order chi connectivity index (χ1) is 12.2. The Balaban J connectivity index is 2.26. The zero-order valence-electron chi connectivity index (χ0n) is 15.7. The molecule has 0 bridgehead atoms. The summed E-state index contributed by atoms with van der Waals surface area (Å²) in [5.41, 5.74) is 2.74. The molecule has 0 unspecified atom stereocenters. The average molecular weight is 375 g/mol. The highest BCUT2D eigenvalue weighted by molar-refractivity contribution is 7.92. The highest BCUT2D eigenvalue weighted by Gasteiger charge is 2.18. The lowest BCUT2D eigenvalue weighted by atomic mass is 10.0. The Kier molecular flexibility index (Phi) is 6.42. The van der Waals surface area contributed by atoms with E-state index in [0.717, 1.165) is 17.5 Å². The van der Waals surface area contributed by atoms with Gasteiger partial charge in [0, 0.05) is 17.8 Å². The zero-order valence-corrected chi connectivity index (χ0v) is 16.5. The topological polar surface area (TPSA) is 75.3 Å². The van der Waals surface area contributed by atoms with E-state index in [1.54, 1.807) is 25.1 Å². The van der Waals surface area contributed by atoms with E-state index in [2.05, 4.69) is 23.9 Å². The molecule has 2 aromatic carbocycles. The van der Waals surface area contributed by atoms with E-state index in [1.165, 1.54) is 12.1 Å². The largest absolute Gasteiger partial charge is 0.352 e. The van der Waals surface area contributed by atoms with Gasteiger partial charge in [0.2, 0.25) is 0 Å². The SMILES string of the molecule is CCCNC(=O)c1cc(S(=O)(=O)Nc2ccc(C(C)C)cc2)ccc1C. The van der Waals surface area contributed by atoms with Crippen LogP contribution in [-0.2, 0) is 10.0 Å². The molecule has 0 atom stereocenters.